The Morgan fingerprint density at radius 3 is 2.36 bits per heavy atom. The quantitative estimate of drug-likeness (QED) is 0.427. The second-order valence-electron chi connectivity index (χ2n) is 5.40. The molecule has 0 saturated carbocycles. The van der Waals surface area contributed by atoms with Crippen LogP contribution in [-0.4, -0.2) is 9.55 Å². The van der Waals surface area contributed by atoms with Gasteiger partial charge < -0.3 is 9.30 Å². The molecule has 1 heterocycles. The molecule has 0 amide bonds. The first-order chi connectivity index (χ1) is 12.0. The van der Waals surface area contributed by atoms with Crippen molar-refractivity contribution < 1.29 is 4.74 Å². The van der Waals surface area contributed by atoms with E-state index in [-0.39, 0.29) is 0 Å². The van der Waals surface area contributed by atoms with Crippen LogP contribution < -0.4 is 0 Å². The minimum absolute atomic E-state index is 0.293. The van der Waals surface area contributed by atoms with Gasteiger partial charge in [-0.1, -0.05) is 64.6 Å². The minimum Gasteiger partial charge on any atom is -0.365 e. The van der Waals surface area contributed by atoms with Crippen molar-refractivity contribution >= 4 is 46.4 Å². The Hall–Kier alpha value is -1.23. The minimum atomic E-state index is -0.477. The van der Waals surface area contributed by atoms with Gasteiger partial charge in [0.2, 0.25) is 0 Å². The maximum atomic E-state index is 6.63. The molecule has 0 aliphatic carbocycles. The van der Waals surface area contributed by atoms with E-state index in [4.69, 9.17) is 51.1 Å². The van der Waals surface area contributed by atoms with Crippen LogP contribution in [0, 0.1) is 0 Å². The van der Waals surface area contributed by atoms with Gasteiger partial charge in [-0.25, -0.2) is 4.98 Å². The predicted molar refractivity (Wildman–Crippen MR) is 103 cm³/mol. The number of hydrogen-bond acceptors (Lipinski definition) is 2. The molecule has 2 unspecified atom stereocenters. The molecule has 3 aromatic rings. The number of hydrogen-bond donors (Lipinski definition) is 0. The molecule has 1 aromatic heterocycles. The summed E-state index contributed by atoms with van der Waals surface area (Å²) >= 11 is 24.8. The van der Waals surface area contributed by atoms with Crippen LogP contribution in [0.25, 0.3) is 0 Å². The summed E-state index contributed by atoms with van der Waals surface area (Å²) in [5, 5.41) is 1.78. The van der Waals surface area contributed by atoms with E-state index < -0.39 is 11.6 Å². The van der Waals surface area contributed by atoms with Crippen molar-refractivity contribution in [2.24, 2.45) is 0 Å². The van der Waals surface area contributed by atoms with E-state index in [0.717, 1.165) is 11.1 Å². The number of rotatable bonds is 6. The van der Waals surface area contributed by atoms with Gasteiger partial charge in [-0.05, 0) is 35.4 Å². The molecule has 2 atom stereocenters. The van der Waals surface area contributed by atoms with Crippen LogP contribution in [0.15, 0.2) is 61.2 Å². The molecular weight excluding hydrogens is 402 g/mol. The Morgan fingerprint density at radius 2 is 1.72 bits per heavy atom. The van der Waals surface area contributed by atoms with E-state index in [9.17, 15) is 0 Å². The molecule has 3 rings (SSSR count). The van der Waals surface area contributed by atoms with Crippen molar-refractivity contribution in [3.8, 4) is 0 Å². The normalized spacial score (nSPS) is 13.6. The molecule has 25 heavy (non-hydrogen) atoms. The SMILES string of the molecule is Clc1ccc(C(OCc2ccc(Cl)cc2Cl)C(Cl)n2ccnc2)cc1. The zero-order valence-electron chi connectivity index (χ0n) is 12.9. The molecule has 7 heteroatoms. The fourth-order valence-corrected chi connectivity index (χ4v) is 3.30. The first-order valence-electron chi connectivity index (χ1n) is 7.47. The molecule has 0 saturated heterocycles. The number of halogens is 4. The molecule has 130 valence electrons. The van der Waals surface area contributed by atoms with Gasteiger partial charge in [0.25, 0.3) is 0 Å². The first kappa shape index (κ1) is 18.6. The highest BCUT2D eigenvalue weighted by molar-refractivity contribution is 6.35. The third-order valence-corrected chi connectivity index (χ3v) is 4.98. The fraction of sp³-hybridized carbons (Fsp3) is 0.167. The van der Waals surface area contributed by atoms with Crippen LogP contribution in [0.4, 0.5) is 0 Å². The maximum Gasteiger partial charge on any atom is 0.139 e. The van der Waals surface area contributed by atoms with Gasteiger partial charge in [0.05, 0.1) is 12.9 Å². The highest BCUT2D eigenvalue weighted by Crippen LogP contribution is 2.35. The van der Waals surface area contributed by atoms with Crippen LogP contribution in [-0.2, 0) is 11.3 Å². The predicted octanol–water partition coefficient (Wildman–Crippen LogP) is 6.54. The number of nitrogens with zero attached hydrogens (tertiary/aromatic N) is 2. The summed E-state index contributed by atoms with van der Waals surface area (Å²) in [5.41, 5.74) is 1.26. The van der Waals surface area contributed by atoms with Gasteiger partial charge in [0, 0.05) is 27.5 Å². The summed E-state index contributed by atoms with van der Waals surface area (Å²) in [6.07, 6.45) is 4.70. The molecule has 0 fully saturated rings. The van der Waals surface area contributed by atoms with Crippen LogP contribution in [0.2, 0.25) is 15.1 Å². The average Bonchev–Trinajstić information content (AvgIpc) is 3.12. The van der Waals surface area contributed by atoms with Crippen molar-refractivity contribution in [2.75, 3.05) is 0 Å². The van der Waals surface area contributed by atoms with Crippen LogP contribution in [0.3, 0.4) is 0 Å². The lowest BCUT2D eigenvalue weighted by molar-refractivity contribution is 0.0236. The molecule has 0 spiro atoms. The lowest BCUT2D eigenvalue weighted by atomic mass is 10.1. The smallest absolute Gasteiger partial charge is 0.139 e. The zero-order valence-corrected chi connectivity index (χ0v) is 16.0. The van der Waals surface area contributed by atoms with Gasteiger partial charge in [-0.2, -0.15) is 0 Å². The van der Waals surface area contributed by atoms with Gasteiger partial charge in [0.15, 0.2) is 0 Å². The second kappa shape index (κ2) is 8.43. The van der Waals surface area contributed by atoms with Crippen molar-refractivity contribution in [1.29, 1.82) is 0 Å². The van der Waals surface area contributed by atoms with Crippen LogP contribution in [0.5, 0.6) is 0 Å². The lowest BCUT2D eigenvalue weighted by Gasteiger charge is -2.24. The van der Waals surface area contributed by atoms with Gasteiger partial charge in [-0.15, -0.1) is 0 Å². The van der Waals surface area contributed by atoms with Crippen molar-refractivity contribution in [3.63, 3.8) is 0 Å². The van der Waals surface area contributed by atoms with E-state index in [1.54, 1.807) is 47.6 Å². The molecular formula is C18H14Cl4N2O. The largest absolute Gasteiger partial charge is 0.365 e. The maximum absolute atomic E-state index is 6.63. The Labute approximate surface area is 166 Å². The van der Waals surface area contributed by atoms with E-state index in [0.29, 0.717) is 21.7 Å². The average molecular weight is 416 g/mol. The standard InChI is InChI=1S/C18H14Cl4N2O/c19-14-4-1-12(2-5-14)17(18(22)24-8-7-23-11-24)25-10-13-3-6-15(20)9-16(13)21/h1-9,11,17-18H,10H2. The number of aromatic nitrogens is 2. The number of alkyl halides is 1. The van der Waals surface area contributed by atoms with E-state index >= 15 is 0 Å². The third-order valence-electron chi connectivity index (χ3n) is 3.69. The van der Waals surface area contributed by atoms with E-state index in [2.05, 4.69) is 4.98 Å². The molecule has 0 N–H and O–H groups in total. The van der Waals surface area contributed by atoms with Crippen LogP contribution in [0.1, 0.15) is 22.7 Å². The second-order valence-corrected chi connectivity index (χ2v) is 7.13. The molecule has 0 bridgehead atoms. The van der Waals surface area contributed by atoms with Crippen molar-refractivity contribution in [3.05, 3.63) is 87.4 Å². The summed E-state index contributed by atoms with van der Waals surface area (Å²) in [5.74, 6) is 0. The topological polar surface area (TPSA) is 27.1 Å². The van der Waals surface area contributed by atoms with Gasteiger partial charge in [0.1, 0.15) is 11.6 Å². The van der Waals surface area contributed by atoms with Crippen molar-refractivity contribution in [1.82, 2.24) is 9.55 Å². The summed E-state index contributed by atoms with van der Waals surface area (Å²) in [6, 6.07) is 12.7. The van der Waals surface area contributed by atoms with Crippen LogP contribution >= 0.6 is 46.4 Å². The molecule has 3 nitrogen and oxygen atoms in total. The molecule has 2 aromatic carbocycles. The summed E-state index contributed by atoms with van der Waals surface area (Å²) in [7, 11) is 0. The summed E-state index contributed by atoms with van der Waals surface area (Å²) in [6.45, 7) is 0.293. The molecule has 0 aliphatic rings. The van der Waals surface area contributed by atoms with Crippen molar-refractivity contribution in [2.45, 2.75) is 18.2 Å². The summed E-state index contributed by atoms with van der Waals surface area (Å²) < 4.78 is 7.89. The number of benzene rings is 2. The molecule has 0 aliphatic heterocycles. The Morgan fingerprint density at radius 1 is 1.00 bits per heavy atom. The van der Waals surface area contributed by atoms with Gasteiger partial charge >= 0.3 is 0 Å². The molecule has 0 radical (unpaired) electrons. The Bertz CT molecular complexity index is 822. The highest BCUT2D eigenvalue weighted by atomic mass is 35.5. The zero-order chi connectivity index (χ0) is 17.8. The monoisotopic (exact) mass is 414 g/mol. The van der Waals surface area contributed by atoms with Gasteiger partial charge in [-0.3, -0.25) is 0 Å². The number of imidazole rings is 1. The third kappa shape index (κ3) is 4.69. The lowest BCUT2D eigenvalue weighted by Crippen LogP contribution is -2.15. The first-order valence-corrected chi connectivity index (χ1v) is 9.04. The summed E-state index contributed by atoms with van der Waals surface area (Å²) in [4.78, 5) is 4.04. The van der Waals surface area contributed by atoms with E-state index in [1.807, 2.05) is 18.2 Å². The Balaban J connectivity index is 1.84. The Kier molecular flexibility index (Phi) is 6.26. The highest BCUT2D eigenvalue weighted by Gasteiger charge is 2.24. The fourth-order valence-electron chi connectivity index (χ4n) is 2.38. The number of ether oxygens (including phenoxy) is 1. The van der Waals surface area contributed by atoms with E-state index in [1.165, 1.54) is 0 Å².